The van der Waals surface area contributed by atoms with Crippen LogP contribution in [0.3, 0.4) is 0 Å². The molecule has 0 spiro atoms. The number of fused-ring (bicyclic) bond motifs is 2. The Morgan fingerprint density at radius 1 is 1.21 bits per heavy atom. The maximum atomic E-state index is 13.3. The summed E-state index contributed by atoms with van der Waals surface area (Å²) in [6.07, 6.45) is 1.87. The van der Waals surface area contributed by atoms with E-state index < -0.39 is 0 Å². The molecular formula is C25H27ClN4O4. The Morgan fingerprint density at radius 2 is 2.03 bits per heavy atom. The maximum absolute atomic E-state index is 13.3. The van der Waals surface area contributed by atoms with Crippen LogP contribution in [0.15, 0.2) is 41.2 Å². The number of likely N-dealkylation sites (tertiary alicyclic amines) is 1. The number of nitrogens with zero attached hydrogens (tertiary/aromatic N) is 3. The molecule has 1 N–H and O–H groups in total. The summed E-state index contributed by atoms with van der Waals surface area (Å²) in [6, 6.07) is 11.0. The Balaban J connectivity index is 1.30. The zero-order valence-corrected chi connectivity index (χ0v) is 19.8. The Labute approximate surface area is 202 Å². The zero-order chi connectivity index (χ0) is 23.7. The average Bonchev–Trinajstić information content (AvgIpc) is 3.33. The van der Waals surface area contributed by atoms with Crippen molar-refractivity contribution in [3.8, 4) is 11.5 Å². The third-order valence-corrected chi connectivity index (χ3v) is 6.66. The highest BCUT2D eigenvalue weighted by Gasteiger charge is 2.31. The lowest BCUT2D eigenvalue weighted by atomic mass is 10.0. The summed E-state index contributed by atoms with van der Waals surface area (Å²) in [5, 5.41) is 1.02. The van der Waals surface area contributed by atoms with Crippen molar-refractivity contribution in [3.05, 3.63) is 63.2 Å². The van der Waals surface area contributed by atoms with Crippen molar-refractivity contribution in [1.82, 2.24) is 19.8 Å². The number of hydrogen-bond acceptors (Lipinski definition) is 6. The first kappa shape index (κ1) is 22.7. The Hall–Kier alpha value is -3.10. The summed E-state index contributed by atoms with van der Waals surface area (Å²) in [5.74, 6) is 2.07. The van der Waals surface area contributed by atoms with Crippen LogP contribution in [0.4, 0.5) is 0 Å². The maximum Gasteiger partial charge on any atom is 0.258 e. The molecule has 1 fully saturated rings. The standard InChI is InChI=1S/C25H27ClN4O4/c1-2-29(14-23-27-19-13-17(26)6-7-18(19)25(32)28-23)15-24(31)30-9-3-4-20(30)16-5-8-21-22(12-16)34-11-10-33-21/h5-8,12-13,20H,2-4,9-11,14-15H2,1H3,(H,27,28,32)/t20-/m0/s1. The minimum absolute atomic E-state index is 0.0165. The molecule has 5 rings (SSSR count). The molecule has 1 atom stereocenters. The molecular weight excluding hydrogens is 456 g/mol. The number of hydrogen-bond donors (Lipinski definition) is 1. The fraction of sp³-hybridized carbons (Fsp3) is 0.400. The minimum atomic E-state index is -0.211. The first-order valence-corrected chi connectivity index (χ1v) is 12.0. The molecule has 0 unspecified atom stereocenters. The number of rotatable bonds is 6. The molecule has 0 aliphatic carbocycles. The van der Waals surface area contributed by atoms with Gasteiger partial charge in [0.2, 0.25) is 5.91 Å². The van der Waals surface area contributed by atoms with Crippen molar-refractivity contribution in [3.63, 3.8) is 0 Å². The number of aromatic nitrogens is 2. The van der Waals surface area contributed by atoms with E-state index >= 15 is 0 Å². The molecule has 1 aromatic heterocycles. The SMILES string of the molecule is CCN(CC(=O)N1CCC[C@H]1c1ccc2c(c1)OCCO2)Cc1nc2cc(Cl)ccc2c(=O)[nH]1. The smallest absolute Gasteiger partial charge is 0.258 e. The third-order valence-electron chi connectivity index (χ3n) is 6.42. The van der Waals surface area contributed by atoms with Crippen molar-refractivity contribution >= 4 is 28.4 Å². The highest BCUT2D eigenvalue weighted by Crippen LogP contribution is 2.38. The molecule has 34 heavy (non-hydrogen) atoms. The minimum Gasteiger partial charge on any atom is -0.486 e. The Kier molecular flexibility index (Phi) is 6.43. The summed E-state index contributed by atoms with van der Waals surface area (Å²) in [7, 11) is 0. The van der Waals surface area contributed by atoms with Crippen LogP contribution < -0.4 is 15.0 Å². The van der Waals surface area contributed by atoms with Crippen molar-refractivity contribution in [2.75, 3.05) is 32.8 Å². The van der Waals surface area contributed by atoms with Crippen LogP contribution in [0.5, 0.6) is 11.5 Å². The summed E-state index contributed by atoms with van der Waals surface area (Å²) in [5.41, 5.74) is 1.40. The highest BCUT2D eigenvalue weighted by molar-refractivity contribution is 6.31. The monoisotopic (exact) mass is 482 g/mol. The van der Waals surface area contributed by atoms with Crippen LogP contribution >= 0.6 is 11.6 Å². The number of nitrogens with one attached hydrogen (secondary N) is 1. The van der Waals surface area contributed by atoms with Gasteiger partial charge in [-0.3, -0.25) is 14.5 Å². The van der Waals surface area contributed by atoms with Gasteiger partial charge in [0, 0.05) is 11.6 Å². The summed E-state index contributed by atoms with van der Waals surface area (Å²) >= 11 is 6.07. The number of halogens is 1. The van der Waals surface area contributed by atoms with Crippen LogP contribution in [0.2, 0.25) is 5.02 Å². The van der Waals surface area contributed by atoms with Crippen LogP contribution in [0.25, 0.3) is 10.9 Å². The number of H-pyrrole nitrogens is 1. The van der Waals surface area contributed by atoms with Gasteiger partial charge in [0.1, 0.15) is 19.0 Å². The van der Waals surface area contributed by atoms with Crippen LogP contribution in [-0.4, -0.2) is 58.5 Å². The second kappa shape index (κ2) is 9.64. The van der Waals surface area contributed by atoms with Gasteiger partial charge in [0.15, 0.2) is 11.5 Å². The summed E-state index contributed by atoms with van der Waals surface area (Å²) in [4.78, 5) is 37.1. The van der Waals surface area contributed by atoms with Crippen molar-refractivity contribution < 1.29 is 14.3 Å². The van der Waals surface area contributed by atoms with E-state index in [-0.39, 0.29) is 24.1 Å². The number of aromatic amines is 1. The predicted octanol–water partition coefficient (Wildman–Crippen LogP) is 3.53. The topological polar surface area (TPSA) is 87.8 Å². The van der Waals surface area contributed by atoms with Crippen molar-refractivity contribution in [2.24, 2.45) is 0 Å². The number of ether oxygens (including phenoxy) is 2. The number of likely N-dealkylation sites (N-methyl/N-ethyl adjacent to an activating group) is 1. The molecule has 8 nitrogen and oxygen atoms in total. The largest absolute Gasteiger partial charge is 0.486 e. The Morgan fingerprint density at radius 3 is 2.85 bits per heavy atom. The highest BCUT2D eigenvalue weighted by atomic mass is 35.5. The molecule has 2 aliphatic rings. The number of carbonyl (C=O) groups is 1. The van der Waals surface area contributed by atoms with Crippen molar-refractivity contribution in [2.45, 2.75) is 32.4 Å². The molecule has 0 radical (unpaired) electrons. The van der Waals surface area contributed by atoms with Crippen LogP contribution in [-0.2, 0) is 11.3 Å². The molecule has 1 amide bonds. The fourth-order valence-corrected chi connectivity index (χ4v) is 4.85. The molecule has 3 heterocycles. The van der Waals surface area contributed by atoms with Gasteiger partial charge < -0.3 is 19.4 Å². The van der Waals surface area contributed by atoms with Crippen molar-refractivity contribution in [1.29, 1.82) is 0 Å². The van der Waals surface area contributed by atoms with E-state index in [1.54, 1.807) is 18.2 Å². The summed E-state index contributed by atoms with van der Waals surface area (Å²) in [6.45, 7) is 5.05. The summed E-state index contributed by atoms with van der Waals surface area (Å²) < 4.78 is 11.4. The predicted molar refractivity (Wildman–Crippen MR) is 129 cm³/mol. The molecule has 2 aromatic carbocycles. The zero-order valence-electron chi connectivity index (χ0n) is 19.1. The van der Waals surface area contributed by atoms with Gasteiger partial charge in [-0.05, 0) is 55.3 Å². The van der Waals surface area contributed by atoms with E-state index in [9.17, 15) is 9.59 Å². The average molecular weight is 483 g/mol. The van der Waals surface area contributed by atoms with Gasteiger partial charge in [-0.15, -0.1) is 0 Å². The Bertz CT molecular complexity index is 1280. The van der Waals surface area contributed by atoms with Crippen LogP contribution in [0.1, 0.15) is 37.2 Å². The lowest BCUT2D eigenvalue weighted by Crippen LogP contribution is -2.40. The number of benzene rings is 2. The molecule has 9 heteroatoms. The van der Waals surface area contributed by atoms with Crippen LogP contribution in [0, 0.1) is 0 Å². The number of carbonyl (C=O) groups excluding carboxylic acids is 1. The lowest BCUT2D eigenvalue weighted by molar-refractivity contribution is -0.133. The van der Waals surface area contributed by atoms with E-state index in [1.807, 2.05) is 34.9 Å². The lowest BCUT2D eigenvalue weighted by Gasteiger charge is -2.29. The molecule has 2 aliphatic heterocycles. The van der Waals surface area contributed by atoms with Gasteiger partial charge in [0.25, 0.3) is 5.56 Å². The van der Waals surface area contributed by atoms with Gasteiger partial charge in [0.05, 0.1) is 30.0 Å². The van der Waals surface area contributed by atoms with E-state index in [0.717, 1.165) is 36.4 Å². The van der Waals surface area contributed by atoms with Gasteiger partial charge in [-0.2, -0.15) is 0 Å². The first-order valence-electron chi connectivity index (χ1n) is 11.6. The van der Waals surface area contributed by atoms with Gasteiger partial charge >= 0.3 is 0 Å². The number of amides is 1. The van der Waals surface area contributed by atoms with E-state index in [1.165, 1.54) is 0 Å². The second-order valence-corrected chi connectivity index (χ2v) is 9.06. The first-order chi connectivity index (χ1) is 16.5. The quantitative estimate of drug-likeness (QED) is 0.578. The molecule has 3 aromatic rings. The fourth-order valence-electron chi connectivity index (χ4n) is 4.69. The molecule has 0 saturated carbocycles. The normalized spacial score (nSPS) is 17.5. The van der Waals surface area contributed by atoms with E-state index in [4.69, 9.17) is 21.1 Å². The molecule has 1 saturated heterocycles. The van der Waals surface area contributed by atoms with Gasteiger partial charge in [-0.25, -0.2) is 4.98 Å². The molecule has 0 bridgehead atoms. The van der Waals surface area contributed by atoms with E-state index in [2.05, 4.69) is 9.97 Å². The second-order valence-electron chi connectivity index (χ2n) is 8.63. The van der Waals surface area contributed by atoms with Gasteiger partial charge in [-0.1, -0.05) is 24.6 Å². The third kappa shape index (κ3) is 4.60. The van der Waals surface area contributed by atoms with E-state index in [0.29, 0.717) is 48.1 Å². The molecule has 178 valence electrons.